The summed E-state index contributed by atoms with van der Waals surface area (Å²) in [6.45, 7) is 8.44. The van der Waals surface area contributed by atoms with Crippen LogP contribution in [-0.2, 0) is 0 Å². The summed E-state index contributed by atoms with van der Waals surface area (Å²) < 4.78 is 8.71. The van der Waals surface area contributed by atoms with Crippen LogP contribution in [0.15, 0.2) is 140 Å². The smallest absolute Gasteiger partial charge is 0.266 e. The summed E-state index contributed by atoms with van der Waals surface area (Å²) in [5, 5.41) is 3.71. The second kappa shape index (κ2) is 11.9. The van der Waals surface area contributed by atoms with E-state index in [1.807, 2.05) is 72.8 Å². The molecule has 7 aromatic carbocycles. The van der Waals surface area contributed by atoms with E-state index in [4.69, 9.17) is 4.74 Å². The van der Waals surface area contributed by atoms with Crippen molar-refractivity contribution in [3.05, 3.63) is 162 Å². The number of para-hydroxylation sites is 7. The number of amides is 2. The second-order valence-electron chi connectivity index (χ2n) is 14.8. The highest BCUT2D eigenvalue weighted by molar-refractivity contribution is 6.38. The SMILES string of the molecule is CC(C)c1cccc(C(C)C)c1N1C(=O)c2ccc(N3c4ccccc4Oc4ccccc43)c3c(-n4c5ccccc5c5ccccc54)ccc(c23)C1=O. The summed E-state index contributed by atoms with van der Waals surface area (Å²) in [5.41, 5.74) is 9.17. The largest absolute Gasteiger partial charge is 0.453 e. The zero-order valence-corrected chi connectivity index (χ0v) is 30.5. The summed E-state index contributed by atoms with van der Waals surface area (Å²) in [5.74, 6) is 1.01. The predicted molar refractivity (Wildman–Crippen MR) is 219 cm³/mol. The number of benzene rings is 7. The molecule has 2 aliphatic rings. The minimum Gasteiger partial charge on any atom is -0.453 e. The van der Waals surface area contributed by atoms with Crippen LogP contribution in [0.3, 0.4) is 0 Å². The maximum absolute atomic E-state index is 15.1. The Bertz CT molecular complexity index is 2740. The number of carbonyl (C=O) groups is 2. The minimum absolute atomic E-state index is 0.0993. The lowest BCUT2D eigenvalue weighted by molar-refractivity contribution is 0.0893. The van der Waals surface area contributed by atoms with Crippen LogP contribution in [0.25, 0.3) is 38.3 Å². The van der Waals surface area contributed by atoms with Crippen molar-refractivity contribution in [1.82, 2.24) is 4.57 Å². The van der Waals surface area contributed by atoms with Gasteiger partial charge in [0.2, 0.25) is 0 Å². The Hall–Kier alpha value is -6.66. The molecule has 0 aliphatic carbocycles. The van der Waals surface area contributed by atoms with Gasteiger partial charge in [-0.15, -0.1) is 0 Å². The van der Waals surface area contributed by atoms with Gasteiger partial charge in [-0.05, 0) is 83.6 Å². The topological polar surface area (TPSA) is 54.8 Å². The third-order valence-corrected chi connectivity index (χ3v) is 11.0. The fraction of sp³-hybridized carbons (Fsp3) is 0.125. The van der Waals surface area contributed by atoms with Crippen molar-refractivity contribution in [2.45, 2.75) is 39.5 Å². The molecule has 0 radical (unpaired) electrons. The molecule has 8 aromatic rings. The van der Waals surface area contributed by atoms with Crippen LogP contribution in [0.5, 0.6) is 11.5 Å². The second-order valence-corrected chi connectivity index (χ2v) is 14.8. The lowest BCUT2D eigenvalue weighted by Gasteiger charge is -2.36. The zero-order chi connectivity index (χ0) is 36.8. The molecule has 6 heteroatoms. The van der Waals surface area contributed by atoms with Crippen LogP contribution in [0.4, 0.5) is 22.7 Å². The number of anilines is 4. The van der Waals surface area contributed by atoms with Crippen LogP contribution in [0, 0.1) is 0 Å². The van der Waals surface area contributed by atoms with E-state index in [0.29, 0.717) is 22.2 Å². The molecule has 3 heterocycles. The highest BCUT2D eigenvalue weighted by Gasteiger charge is 2.39. The number of fused-ring (bicyclic) bond motifs is 5. The van der Waals surface area contributed by atoms with Crippen LogP contribution in [-0.4, -0.2) is 16.4 Å². The number of carbonyl (C=O) groups excluding carboxylic acids is 2. The molecule has 1 aromatic heterocycles. The number of ether oxygens (including phenoxy) is 1. The highest BCUT2D eigenvalue weighted by atomic mass is 16.5. The Morgan fingerprint density at radius 3 is 1.46 bits per heavy atom. The molecule has 6 nitrogen and oxygen atoms in total. The Morgan fingerprint density at radius 2 is 0.926 bits per heavy atom. The molecule has 0 bridgehead atoms. The van der Waals surface area contributed by atoms with Crippen LogP contribution in [0.2, 0.25) is 0 Å². The van der Waals surface area contributed by atoms with Gasteiger partial charge in [-0.2, -0.15) is 0 Å². The van der Waals surface area contributed by atoms with E-state index < -0.39 is 0 Å². The van der Waals surface area contributed by atoms with E-state index >= 15 is 9.59 Å². The average Bonchev–Trinajstić information content (AvgIpc) is 3.53. The predicted octanol–water partition coefficient (Wildman–Crippen LogP) is 12.6. The van der Waals surface area contributed by atoms with Crippen molar-refractivity contribution in [2.24, 2.45) is 0 Å². The maximum atomic E-state index is 15.1. The van der Waals surface area contributed by atoms with E-state index in [2.05, 4.69) is 104 Å². The van der Waals surface area contributed by atoms with Crippen molar-refractivity contribution >= 4 is 67.1 Å². The molecule has 0 saturated carbocycles. The first-order chi connectivity index (χ1) is 26.3. The maximum Gasteiger partial charge on any atom is 0.266 e. The molecular formula is C48H37N3O3. The summed E-state index contributed by atoms with van der Waals surface area (Å²) in [6, 6.07) is 46.9. The average molecular weight is 704 g/mol. The molecule has 0 atom stereocenters. The fourth-order valence-corrected chi connectivity index (χ4v) is 8.64. The normalized spacial score (nSPS) is 13.7. The van der Waals surface area contributed by atoms with Crippen LogP contribution in [0.1, 0.15) is 71.4 Å². The Morgan fingerprint density at radius 1 is 0.444 bits per heavy atom. The summed E-state index contributed by atoms with van der Waals surface area (Å²) in [4.78, 5) is 33.9. The Labute approximate surface area is 313 Å². The van der Waals surface area contributed by atoms with Gasteiger partial charge in [0.05, 0.1) is 39.5 Å². The molecular weight excluding hydrogens is 667 g/mol. The van der Waals surface area contributed by atoms with Crippen molar-refractivity contribution in [2.75, 3.05) is 9.80 Å². The molecule has 262 valence electrons. The Kier molecular flexibility index (Phi) is 7.08. The molecule has 2 aliphatic heterocycles. The highest BCUT2D eigenvalue weighted by Crippen LogP contribution is 2.54. The standard InChI is InChI=1S/C48H37N3O3/c1-28(2)30-16-13-17-31(29(3)4)46(30)51-47(52)34-24-26-40(49-36-18-7-5-14-32(36)33-15-6-8-19-37(33)49)45-41(27-25-35(44(34)45)48(51)53)50-38-20-9-11-22-42(38)54-43-23-12-10-21-39(43)50/h5-29H,1-4H3. The van der Waals surface area contributed by atoms with Crippen molar-refractivity contribution in [3.8, 4) is 17.2 Å². The van der Waals surface area contributed by atoms with Crippen LogP contribution < -0.4 is 14.5 Å². The van der Waals surface area contributed by atoms with Crippen LogP contribution >= 0.6 is 0 Å². The van der Waals surface area contributed by atoms with Gasteiger partial charge < -0.3 is 14.2 Å². The first-order valence-electron chi connectivity index (χ1n) is 18.6. The van der Waals surface area contributed by atoms with Gasteiger partial charge >= 0.3 is 0 Å². The number of nitrogens with zero attached hydrogens (tertiary/aromatic N) is 3. The zero-order valence-electron chi connectivity index (χ0n) is 30.5. The van der Waals surface area contributed by atoms with E-state index in [0.717, 1.165) is 72.6 Å². The lowest BCUT2D eigenvalue weighted by Crippen LogP contribution is -2.42. The van der Waals surface area contributed by atoms with Gasteiger partial charge in [-0.25, -0.2) is 4.90 Å². The van der Waals surface area contributed by atoms with Crippen molar-refractivity contribution in [3.63, 3.8) is 0 Å². The van der Waals surface area contributed by atoms with E-state index in [-0.39, 0.29) is 23.7 Å². The van der Waals surface area contributed by atoms with Gasteiger partial charge in [0.25, 0.3) is 11.8 Å². The number of rotatable bonds is 5. The minimum atomic E-state index is -0.318. The van der Waals surface area contributed by atoms with E-state index in [9.17, 15) is 0 Å². The van der Waals surface area contributed by atoms with E-state index in [1.165, 1.54) is 4.90 Å². The summed E-state index contributed by atoms with van der Waals surface area (Å²) in [7, 11) is 0. The van der Waals surface area contributed by atoms with Gasteiger partial charge in [0.15, 0.2) is 11.5 Å². The number of imide groups is 1. The molecule has 0 unspecified atom stereocenters. The van der Waals surface area contributed by atoms with Gasteiger partial charge in [-0.1, -0.05) is 107 Å². The third-order valence-electron chi connectivity index (χ3n) is 11.0. The molecule has 0 fully saturated rings. The third kappa shape index (κ3) is 4.46. The summed E-state index contributed by atoms with van der Waals surface area (Å²) in [6.07, 6.45) is 0. The fourth-order valence-electron chi connectivity index (χ4n) is 8.64. The summed E-state index contributed by atoms with van der Waals surface area (Å²) >= 11 is 0. The molecule has 0 N–H and O–H groups in total. The van der Waals surface area contributed by atoms with Gasteiger partial charge in [-0.3, -0.25) is 9.59 Å². The van der Waals surface area contributed by atoms with Crippen molar-refractivity contribution < 1.29 is 14.3 Å². The van der Waals surface area contributed by atoms with E-state index in [1.54, 1.807) is 0 Å². The number of hydrogen-bond donors (Lipinski definition) is 0. The lowest BCUT2D eigenvalue weighted by atomic mass is 9.87. The molecule has 0 spiro atoms. The van der Waals surface area contributed by atoms with Gasteiger partial charge in [0, 0.05) is 32.7 Å². The molecule has 54 heavy (non-hydrogen) atoms. The number of aromatic nitrogens is 1. The first-order valence-corrected chi connectivity index (χ1v) is 18.6. The first kappa shape index (κ1) is 32.0. The number of hydrogen-bond acceptors (Lipinski definition) is 4. The van der Waals surface area contributed by atoms with Gasteiger partial charge in [0.1, 0.15) is 0 Å². The quantitative estimate of drug-likeness (QED) is 0.167. The Balaban J connectivity index is 1.33. The monoisotopic (exact) mass is 703 g/mol. The van der Waals surface area contributed by atoms with Crippen molar-refractivity contribution in [1.29, 1.82) is 0 Å². The molecule has 0 saturated heterocycles. The molecule has 2 amide bonds. The molecule has 10 rings (SSSR count).